The first-order valence-corrected chi connectivity index (χ1v) is 18.6. The summed E-state index contributed by atoms with van der Waals surface area (Å²) < 4.78 is 58.6. The second-order valence-corrected chi connectivity index (χ2v) is 15.3. The van der Waals surface area contributed by atoms with Crippen molar-refractivity contribution in [3.63, 3.8) is 0 Å². The molecule has 0 bridgehead atoms. The smallest absolute Gasteiger partial charge is 0.459 e. The molecule has 15 nitrogen and oxygen atoms in total. The average Bonchev–Trinajstić information content (AvgIpc) is 3.79. The molecule has 18 atom stereocenters. The Morgan fingerprint density at radius 3 is 2.23 bits per heavy atom. The number of rotatable bonds is 7. The van der Waals surface area contributed by atoms with Gasteiger partial charge in [-0.25, -0.2) is 9.59 Å². The van der Waals surface area contributed by atoms with Gasteiger partial charge in [-0.1, -0.05) is 26.8 Å². The van der Waals surface area contributed by atoms with E-state index in [-0.39, 0.29) is 42.9 Å². The number of ether oxygens (including phenoxy) is 10. The lowest BCUT2D eigenvalue weighted by atomic mass is 9.82. The Hall–Kier alpha value is -2.21. The summed E-state index contributed by atoms with van der Waals surface area (Å²) in [5.41, 5.74) is -1.34. The van der Waals surface area contributed by atoms with Crippen molar-refractivity contribution in [2.24, 2.45) is 23.7 Å². The van der Waals surface area contributed by atoms with Crippen LogP contribution >= 0.6 is 0 Å². The quantitative estimate of drug-likeness (QED) is 0.286. The van der Waals surface area contributed by atoms with Crippen LogP contribution in [0, 0.1) is 23.7 Å². The van der Waals surface area contributed by atoms with Crippen molar-refractivity contribution in [2.45, 2.75) is 159 Å². The zero-order chi connectivity index (χ0) is 38.1. The van der Waals surface area contributed by atoms with E-state index in [0.29, 0.717) is 19.3 Å². The van der Waals surface area contributed by atoms with E-state index in [0.717, 1.165) is 0 Å². The highest BCUT2D eigenvalue weighted by Gasteiger charge is 2.61. The molecule has 296 valence electrons. The monoisotopic (exact) mass is 742 g/mol. The van der Waals surface area contributed by atoms with Gasteiger partial charge < -0.3 is 57.6 Å². The minimum absolute atomic E-state index is 0.0832. The Morgan fingerprint density at radius 2 is 1.58 bits per heavy atom. The molecule has 5 rings (SSSR count). The maximum Gasteiger partial charge on any atom is 0.509 e. The van der Waals surface area contributed by atoms with E-state index in [1.54, 1.807) is 33.8 Å². The molecule has 2 N–H and O–H groups in total. The first-order chi connectivity index (χ1) is 24.6. The molecule has 0 aliphatic carbocycles. The van der Waals surface area contributed by atoms with Gasteiger partial charge in [-0.15, -0.1) is 0 Å². The molecule has 15 heteroatoms. The van der Waals surface area contributed by atoms with Gasteiger partial charge in [-0.2, -0.15) is 0 Å². The number of fused-ring (bicyclic) bond motifs is 1. The molecule has 18 unspecified atom stereocenters. The molecule has 5 heterocycles. The third kappa shape index (κ3) is 8.84. The Balaban J connectivity index is 1.33. The van der Waals surface area contributed by atoms with Crippen LogP contribution in [0.2, 0.25) is 0 Å². The predicted molar refractivity (Wildman–Crippen MR) is 181 cm³/mol. The highest BCUT2D eigenvalue weighted by Crippen LogP contribution is 2.43. The van der Waals surface area contributed by atoms with E-state index in [4.69, 9.17) is 47.4 Å². The Bertz CT molecular complexity index is 1280. The van der Waals surface area contributed by atoms with Gasteiger partial charge in [-0.3, -0.25) is 4.79 Å². The number of Topliss-reactive ketones (excluding diaryl/α,β-unsaturated/α-hetero) is 1. The molecular weight excluding hydrogens is 684 g/mol. The van der Waals surface area contributed by atoms with E-state index in [2.05, 4.69) is 0 Å². The van der Waals surface area contributed by atoms with Crippen LogP contribution in [-0.4, -0.2) is 134 Å². The SMILES string of the molecule is COC1C(OCC2C(C)OC(=O)C=CC(C)C(OC3OC(C)CC4(OC(=O)OC4C)C3O)C(C)CC(C)C(=O)CCC3OC32)OC(C)C(O)C1OC. The lowest BCUT2D eigenvalue weighted by molar-refractivity contribution is -0.308. The molecule has 0 aromatic rings. The van der Waals surface area contributed by atoms with Crippen molar-refractivity contribution >= 4 is 17.9 Å². The highest BCUT2D eigenvalue weighted by molar-refractivity contribution is 5.82. The van der Waals surface area contributed by atoms with Crippen LogP contribution in [0.1, 0.15) is 74.1 Å². The van der Waals surface area contributed by atoms with Crippen molar-refractivity contribution in [1.82, 2.24) is 0 Å². The van der Waals surface area contributed by atoms with Gasteiger partial charge in [-0.05, 0) is 46.5 Å². The predicted octanol–water partition coefficient (Wildman–Crippen LogP) is 2.85. The molecule has 0 radical (unpaired) electrons. The normalized spacial score (nSPS) is 47.8. The summed E-state index contributed by atoms with van der Waals surface area (Å²) in [7, 11) is 2.97. The van der Waals surface area contributed by atoms with Gasteiger partial charge in [0.05, 0.1) is 37.1 Å². The summed E-state index contributed by atoms with van der Waals surface area (Å²) in [6, 6.07) is 0. The van der Waals surface area contributed by atoms with Gasteiger partial charge in [0.15, 0.2) is 18.2 Å². The fourth-order valence-corrected chi connectivity index (χ4v) is 8.32. The summed E-state index contributed by atoms with van der Waals surface area (Å²) in [6.45, 7) is 12.8. The number of carbonyl (C=O) groups is 3. The van der Waals surface area contributed by atoms with Gasteiger partial charge in [0.25, 0.3) is 0 Å². The number of ketones is 1. The molecule has 4 fully saturated rings. The summed E-state index contributed by atoms with van der Waals surface area (Å²) in [4.78, 5) is 38.8. The number of hydrogen-bond acceptors (Lipinski definition) is 15. The van der Waals surface area contributed by atoms with Crippen molar-refractivity contribution < 1.29 is 72.0 Å². The second kappa shape index (κ2) is 17.1. The van der Waals surface area contributed by atoms with Gasteiger partial charge in [0.1, 0.15) is 42.4 Å². The molecule has 4 saturated heterocycles. The van der Waals surface area contributed by atoms with Crippen LogP contribution in [-0.2, 0) is 57.0 Å². The minimum atomic E-state index is -1.35. The topological polar surface area (TPSA) is 187 Å². The number of cyclic esters (lactones) is 2. The number of epoxide rings is 1. The zero-order valence-electron chi connectivity index (χ0n) is 31.7. The number of aliphatic hydroxyl groups excluding tert-OH is 2. The van der Waals surface area contributed by atoms with Crippen LogP contribution in [0.3, 0.4) is 0 Å². The lowest BCUT2D eigenvalue weighted by Crippen LogP contribution is -2.62. The van der Waals surface area contributed by atoms with E-state index in [1.165, 1.54) is 20.3 Å². The Labute approximate surface area is 305 Å². The Morgan fingerprint density at radius 1 is 0.865 bits per heavy atom. The third-order valence-electron chi connectivity index (χ3n) is 11.5. The van der Waals surface area contributed by atoms with Crippen molar-refractivity contribution in [2.75, 3.05) is 20.8 Å². The lowest BCUT2D eigenvalue weighted by Gasteiger charge is -2.46. The summed E-state index contributed by atoms with van der Waals surface area (Å²) in [5, 5.41) is 22.0. The van der Waals surface area contributed by atoms with Gasteiger partial charge >= 0.3 is 12.1 Å². The number of methoxy groups -OCH3 is 2. The van der Waals surface area contributed by atoms with E-state index in [9.17, 15) is 24.6 Å². The number of aliphatic hydroxyl groups is 2. The molecule has 0 saturated carbocycles. The van der Waals surface area contributed by atoms with Gasteiger partial charge in [0.2, 0.25) is 0 Å². The molecule has 0 amide bonds. The number of esters is 1. The molecule has 5 aliphatic rings. The summed E-state index contributed by atoms with van der Waals surface area (Å²) in [6.07, 6.45) is -5.57. The summed E-state index contributed by atoms with van der Waals surface area (Å²) in [5.74, 6) is -1.81. The maximum atomic E-state index is 13.4. The molecule has 5 aliphatic heterocycles. The summed E-state index contributed by atoms with van der Waals surface area (Å²) >= 11 is 0. The van der Waals surface area contributed by atoms with Gasteiger partial charge in [0, 0.05) is 50.9 Å². The first kappa shape index (κ1) is 41.0. The average molecular weight is 743 g/mol. The van der Waals surface area contributed by atoms with Crippen LogP contribution in [0.4, 0.5) is 4.79 Å². The van der Waals surface area contributed by atoms with Crippen LogP contribution in [0.5, 0.6) is 0 Å². The number of hydrogen-bond donors (Lipinski definition) is 2. The van der Waals surface area contributed by atoms with Crippen molar-refractivity contribution in [3.8, 4) is 0 Å². The van der Waals surface area contributed by atoms with Crippen LogP contribution < -0.4 is 0 Å². The van der Waals surface area contributed by atoms with E-state index >= 15 is 0 Å². The molecule has 0 aromatic heterocycles. The molecular formula is C37H58O15. The molecule has 1 spiro atoms. The zero-order valence-corrected chi connectivity index (χ0v) is 31.7. The van der Waals surface area contributed by atoms with E-state index in [1.807, 2.05) is 20.8 Å². The van der Waals surface area contributed by atoms with Crippen LogP contribution in [0.15, 0.2) is 12.2 Å². The standard InChI is InChI=1S/C37H58O15/c1-17-10-13-27(39)47-21(5)24(16-45-34-32(44-9)31(43-8)28(40)22(6)48-34)30-26(50-30)12-11-25(38)18(2)14-19(3)29(17)51-35-33(41)37(15-20(4)46-35)23(7)49-36(42)52-37/h10,13,17-24,26,28-35,40-41H,11-12,14-16H2,1-9H3. The van der Waals surface area contributed by atoms with E-state index < -0.39 is 97.1 Å². The first-order valence-electron chi connectivity index (χ1n) is 18.6. The fraction of sp³-hybridized carbons (Fsp3) is 0.865. The highest BCUT2D eigenvalue weighted by atomic mass is 16.8. The third-order valence-corrected chi connectivity index (χ3v) is 11.5. The van der Waals surface area contributed by atoms with Crippen molar-refractivity contribution in [1.29, 1.82) is 0 Å². The maximum absolute atomic E-state index is 13.4. The Kier molecular flexibility index (Phi) is 13.4. The fourth-order valence-electron chi connectivity index (χ4n) is 8.32. The van der Waals surface area contributed by atoms with Crippen molar-refractivity contribution in [3.05, 3.63) is 12.2 Å². The molecule has 52 heavy (non-hydrogen) atoms. The second-order valence-electron chi connectivity index (χ2n) is 15.3. The number of carbonyl (C=O) groups excluding carboxylic acids is 3. The van der Waals surface area contributed by atoms with Crippen LogP contribution in [0.25, 0.3) is 0 Å². The largest absolute Gasteiger partial charge is 0.509 e. The minimum Gasteiger partial charge on any atom is -0.459 e. The molecule has 0 aromatic carbocycles.